The van der Waals surface area contributed by atoms with E-state index in [1.165, 1.54) is 4.90 Å². The van der Waals surface area contributed by atoms with Gasteiger partial charge in [-0.15, -0.1) is 24.2 Å². The lowest BCUT2D eigenvalue weighted by Crippen LogP contribution is -2.49. The topological polar surface area (TPSA) is 26.7 Å². The average Bonchev–Trinajstić information content (AvgIpc) is 2.62. The van der Waals surface area contributed by atoms with Gasteiger partial charge in [-0.05, 0) is 24.3 Å². The van der Waals surface area contributed by atoms with Gasteiger partial charge >= 0.3 is 0 Å². The van der Waals surface area contributed by atoms with Gasteiger partial charge in [-0.2, -0.15) is 0 Å². The van der Waals surface area contributed by atoms with Crippen LogP contribution in [0.1, 0.15) is 0 Å². The minimum absolute atomic E-state index is 0. The zero-order valence-electron chi connectivity index (χ0n) is 14.1. The second kappa shape index (κ2) is 10.3. The Labute approximate surface area is 165 Å². The van der Waals surface area contributed by atoms with Crippen LogP contribution in [-0.2, 0) is 0 Å². The van der Waals surface area contributed by atoms with Crippen LogP contribution in [0.2, 0.25) is 5.02 Å². The van der Waals surface area contributed by atoms with Crippen molar-refractivity contribution in [1.29, 1.82) is 0 Å². The molecule has 0 amide bonds. The average molecular weight is 399 g/mol. The maximum Gasteiger partial charge on any atom is 0.0760 e. The molecule has 0 saturated carbocycles. The number of hydrogen-bond acceptors (Lipinski definition) is 4. The van der Waals surface area contributed by atoms with E-state index in [4.69, 9.17) is 11.6 Å². The molecule has 3 nitrogen and oxygen atoms in total. The second-order valence-electron chi connectivity index (χ2n) is 6.02. The molecule has 25 heavy (non-hydrogen) atoms. The van der Waals surface area contributed by atoms with E-state index in [1.807, 2.05) is 36.4 Å². The molecule has 3 rings (SSSR count). The quantitative estimate of drug-likeness (QED) is 0.742. The van der Waals surface area contributed by atoms with Crippen LogP contribution in [0.5, 0.6) is 0 Å². The predicted molar refractivity (Wildman–Crippen MR) is 111 cm³/mol. The maximum absolute atomic E-state index is 10.3. The van der Waals surface area contributed by atoms with Crippen LogP contribution >= 0.6 is 35.8 Å². The Morgan fingerprint density at radius 3 is 2.28 bits per heavy atom. The number of hydrogen-bond donors (Lipinski definition) is 1. The predicted octanol–water partition coefficient (Wildman–Crippen LogP) is 4.04. The van der Waals surface area contributed by atoms with Crippen molar-refractivity contribution in [3.8, 4) is 0 Å². The normalized spacial score (nSPS) is 16.3. The Morgan fingerprint density at radius 2 is 1.60 bits per heavy atom. The van der Waals surface area contributed by atoms with E-state index >= 15 is 0 Å². The first-order valence-electron chi connectivity index (χ1n) is 8.30. The summed E-state index contributed by atoms with van der Waals surface area (Å²) in [7, 11) is 0. The molecule has 2 aromatic carbocycles. The number of aliphatic hydroxyl groups is 1. The summed E-state index contributed by atoms with van der Waals surface area (Å²) in [5, 5.41) is 11.1. The number of para-hydroxylation sites is 1. The number of anilines is 1. The molecule has 1 fully saturated rings. The van der Waals surface area contributed by atoms with Gasteiger partial charge in [-0.25, -0.2) is 0 Å². The molecule has 0 spiro atoms. The van der Waals surface area contributed by atoms with Crippen molar-refractivity contribution in [3.05, 3.63) is 59.6 Å². The lowest BCUT2D eigenvalue weighted by atomic mass is 10.2. The Balaban J connectivity index is 0.00000225. The highest BCUT2D eigenvalue weighted by Gasteiger charge is 2.20. The zero-order valence-corrected chi connectivity index (χ0v) is 16.4. The van der Waals surface area contributed by atoms with E-state index in [2.05, 4.69) is 28.0 Å². The molecule has 0 radical (unpaired) electrons. The van der Waals surface area contributed by atoms with Gasteiger partial charge in [0.1, 0.15) is 0 Å². The van der Waals surface area contributed by atoms with E-state index in [-0.39, 0.29) is 18.5 Å². The van der Waals surface area contributed by atoms with Crippen molar-refractivity contribution in [2.24, 2.45) is 0 Å². The molecule has 1 atom stereocenters. The van der Waals surface area contributed by atoms with Gasteiger partial charge in [-0.1, -0.05) is 41.9 Å². The van der Waals surface area contributed by atoms with Crippen LogP contribution in [0, 0.1) is 0 Å². The maximum atomic E-state index is 10.3. The summed E-state index contributed by atoms with van der Waals surface area (Å²) in [5.74, 6) is 0.731. The third kappa shape index (κ3) is 6.08. The number of thioether (sulfide) groups is 1. The van der Waals surface area contributed by atoms with Gasteiger partial charge < -0.3 is 10.0 Å². The van der Waals surface area contributed by atoms with Crippen molar-refractivity contribution in [3.63, 3.8) is 0 Å². The van der Waals surface area contributed by atoms with Crippen molar-refractivity contribution in [2.75, 3.05) is 43.4 Å². The van der Waals surface area contributed by atoms with Crippen LogP contribution in [0.3, 0.4) is 0 Å². The third-order valence-corrected chi connectivity index (χ3v) is 5.70. The summed E-state index contributed by atoms with van der Waals surface area (Å²) in [6, 6.07) is 18.2. The first-order valence-corrected chi connectivity index (χ1v) is 9.66. The fraction of sp³-hybridized carbons (Fsp3) is 0.368. The monoisotopic (exact) mass is 398 g/mol. The van der Waals surface area contributed by atoms with Crippen molar-refractivity contribution < 1.29 is 5.11 Å². The first kappa shape index (κ1) is 20.4. The molecule has 0 aliphatic carbocycles. The van der Waals surface area contributed by atoms with Gasteiger partial charge in [-0.3, -0.25) is 4.90 Å². The lowest BCUT2D eigenvalue weighted by molar-refractivity contribution is 0.126. The van der Waals surface area contributed by atoms with E-state index in [0.717, 1.165) is 49.2 Å². The molecule has 0 bridgehead atoms. The molecule has 0 aromatic heterocycles. The fourth-order valence-corrected chi connectivity index (χ4v) is 4.03. The molecule has 6 heteroatoms. The number of β-amino-alcohol motifs (C(OH)–C–C–N with tert-alkyl or cyclic N) is 1. The molecule has 2 aromatic rings. The summed E-state index contributed by atoms with van der Waals surface area (Å²) in [4.78, 5) is 5.87. The van der Waals surface area contributed by atoms with Crippen LogP contribution in [0.15, 0.2) is 59.5 Å². The third-order valence-electron chi connectivity index (χ3n) is 4.22. The number of halogens is 2. The standard InChI is InChI=1S/C19H23ClN2OS.ClH/c20-18-8-4-5-9-19(18)22-12-10-21(11-13-22)14-16(23)15-24-17-6-2-1-3-7-17;/h1-9,16,23H,10-15H2;1H. The minimum atomic E-state index is -0.304. The Morgan fingerprint density at radius 1 is 0.960 bits per heavy atom. The highest BCUT2D eigenvalue weighted by Crippen LogP contribution is 2.26. The Kier molecular flexibility index (Phi) is 8.40. The summed E-state index contributed by atoms with van der Waals surface area (Å²) in [6.45, 7) is 4.54. The largest absolute Gasteiger partial charge is 0.391 e. The van der Waals surface area contributed by atoms with Crippen LogP contribution in [-0.4, -0.2) is 54.6 Å². The molecule has 1 aliphatic heterocycles. The number of piperazine rings is 1. The SMILES string of the molecule is Cl.OC(CSc1ccccc1)CN1CCN(c2ccccc2Cl)CC1. The highest BCUT2D eigenvalue weighted by molar-refractivity contribution is 7.99. The summed E-state index contributed by atoms with van der Waals surface area (Å²) in [5.41, 5.74) is 1.11. The zero-order chi connectivity index (χ0) is 16.8. The number of benzene rings is 2. The second-order valence-corrected chi connectivity index (χ2v) is 7.52. The van der Waals surface area contributed by atoms with E-state index in [1.54, 1.807) is 11.8 Å². The molecular weight excluding hydrogens is 375 g/mol. The van der Waals surface area contributed by atoms with E-state index in [0.29, 0.717) is 0 Å². The highest BCUT2D eigenvalue weighted by atomic mass is 35.5. The number of aliphatic hydroxyl groups excluding tert-OH is 1. The smallest absolute Gasteiger partial charge is 0.0760 e. The van der Waals surface area contributed by atoms with Gasteiger partial charge in [0.15, 0.2) is 0 Å². The van der Waals surface area contributed by atoms with Gasteiger partial charge in [0.05, 0.1) is 16.8 Å². The van der Waals surface area contributed by atoms with Gasteiger partial charge in [0.2, 0.25) is 0 Å². The van der Waals surface area contributed by atoms with Crippen LogP contribution in [0.4, 0.5) is 5.69 Å². The van der Waals surface area contributed by atoms with Crippen molar-refractivity contribution in [2.45, 2.75) is 11.0 Å². The number of rotatable bonds is 6. The first-order chi connectivity index (χ1) is 11.7. The summed E-state index contributed by atoms with van der Waals surface area (Å²) < 4.78 is 0. The minimum Gasteiger partial charge on any atom is -0.391 e. The Bertz CT molecular complexity index is 636. The summed E-state index contributed by atoms with van der Waals surface area (Å²) in [6.07, 6.45) is -0.304. The van der Waals surface area contributed by atoms with Crippen molar-refractivity contribution >= 4 is 41.5 Å². The Hall–Kier alpha value is -0.910. The van der Waals surface area contributed by atoms with Gasteiger partial charge in [0, 0.05) is 43.4 Å². The molecule has 1 unspecified atom stereocenters. The van der Waals surface area contributed by atoms with E-state index < -0.39 is 0 Å². The van der Waals surface area contributed by atoms with Crippen LogP contribution < -0.4 is 4.90 Å². The molecule has 1 N–H and O–H groups in total. The molecule has 1 heterocycles. The van der Waals surface area contributed by atoms with Crippen LogP contribution in [0.25, 0.3) is 0 Å². The number of nitrogens with zero attached hydrogens (tertiary/aromatic N) is 2. The molecule has 1 aliphatic rings. The summed E-state index contributed by atoms with van der Waals surface area (Å²) >= 11 is 7.99. The molecule has 1 saturated heterocycles. The fourth-order valence-electron chi connectivity index (χ4n) is 2.94. The van der Waals surface area contributed by atoms with E-state index in [9.17, 15) is 5.11 Å². The van der Waals surface area contributed by atoms with Crippen molar-refractivity contribution in [1.82, 2.24) is 4.90 Å². The van der Waals surface area contributed by atoms with Gasteiger partial charge in [0.25, 0.3) is 0 Å². The molecular formula is C19H24Cl2N2OS. The lowest BCUT2D eigenvalue weighted by Gasteiger charge is -2.37. The molecule has 136 valence electrons.